The van der Waals surface area contributed by atoms with Crippen molar-refractivity contribution in [1.29, 1.82) is 5.26 Å². The lowest BCUT2D eigenvalue weighted by atomic mass is 10.0. The summed E-state index contributed by atoms with van der Waals surface area (Å²) < 4.78 is 0. The maximum atomic E-state index is 9.47. The molecule has 2 aromatic carbocycles. The first kappa shape index (κ1) is 13.5. The third-order valence-corrected chi connectivity index (χ3v) is 4.06. The van der Waals surface area contributed by atoms with Crippen LogP contribution in [0.5, 0.6) is 0 Å². The Labute approximate surface area is 125 Å². The number of hydrogen-bond donors (Lipinski definition) is 1. The standard InChI is InChI=1S/C18H19N3/c1-13-3-6-16(7-4-13)20-17(12-19)14-5-8-18-15(11-14)9-10-21(18)2/h3-8,11,17,20H,9-10H2,1-2H3. The molecule has 0 aromatic heterocycles. The van der Waals surface area contributed by atoms with Crippen LogP contribution >= 0.6 is 0 Å². The van der Waals surface area contributed by atoms with Crippen molar-refractivity contribution in [3.05, 3.63) is 59.2 Å². The molecule has 3 rings (SSSR count). The topological polar surface area (TPSA) is 39.1 Å². The Bertz CT molecular complexity index is 683. The van der Waals surface area contributed by atoms with Crippen molar-refractivity contribution in [2.45, 2.75) is 19.4 Å². The van der Waals surface area contributed by atoms with Crippen LogP contribution in [0.1, 0.15) is 22.7 Å². The lowest BCUT2D eigenvalue weighted by Gasteiger charge is -2.16. The van der Waals surface area contributed by atoms with Crippen LogP contribution in [0, 0.1) is 18.3 Å². The Hall–Kier alpha value is -2.47. The van der Waals surface area contributed by atoms with E-state index >= 15 is 0 Å². The predicted molar refractivity (Wildman–Crippen MR) is 86.6 cm³/mol. The quantitative estimate of drug-likeness (QED) is 0.930. The first-order valence-electron chi connectivity index (χ1n) is 7.24. The molecule has 21 heavy (non-hydrogen) atoms. The Morgan fingerprint density at radius 3 is 2.67 bits per heavy atom. The zero-order chi connectivity index (χ0) is 14.8. The predicted octanol–water partition coefficient (Wildman–Crippen LogP) is 3.66. The molecule has 106 valence electrons. The average Bonchev–Trinajstić information content (AvgIpc) is 2.87. The number of fused-ring (bicyclic) bond motifs is 1. The fourth-order valence-corrected chi connectivity index (χ4v) is 2.77. The number of likely N-dealkylation sites (N-methyl/N-ethyl adjacent to an activating group) is 1. The first-order chi connectivity index (χ1) is 10.2. The molecule has 0 fully saturated rings. The van der Waals surface area contributed by atoms with Crippen LogP contribution in [0.3, 0.4) is 0 Å². The number of nitrogens with zero attached hydrogens (tertiary/aromatic N) is 2. The number of rotatable bonds is 3. The molecule has 1 atom stereocenters. The van der Waals surface area contributed by atoms with E-state index in [4.69, 9.17) is 0 Å². The van der Waals surface area contributed by atoms with Crippen molar-refractivity contribution in [2.75, 3.05) is 23.8 Å². The van der Waals surface area contributed by atoms with Crippen molar-refractivity contribution in [2.24, 2.45) is 0 Å². The Morgan fingerprint density at radius 2 is 1.95 bits per heavy atom. The number of nitriles is 1. The summed E-state index contributed by atoms with van der Waals surface area (Å²) >= 11 is 0. The van der Waals surface area contributed by atoms with E-state index in [1.807, 2.05) is 12.1 Å². The summed E-state index contributed by atoms with van der Waals surface area (Å²) in [5.74, 6) is 0. The number of aryl methyl sites for hydroxylation is 1. The van der Waals surface area contributed by atoms with Gasteiger partial charge in [-0.2, -0.15) is 5.26 Å². The molecule has 1 heterocycles. The smallest absolute Gasteiger partial charge is 0.140 e. The molecule has 0 saturated heterocycles. The Balaban J connectivity index is 1.84. The zero-order valence-corrected chi connectivity index (χ0v) is 12.4. The summed E-state index contributed by atoms with van der Waals surface area (Å²) in [7, 11) is 2.11. The minimum absolute atomic E-state index is 0.316. The van der Waals surface area contributed by atoms with Crippen LogP contribution in [-0.2, 0) is 6.42 Å². The Kier molecular flexibility index (Phi) is 3.53. The van der Waals surface area contributed by atoms with Crippen molar-refractivity contribution >= 4 is 11.4 Å². The number of nitrogens with one attached hydrogen (secondary N) is 1. The van der Waals surface area contributed by atoms with Gasteiger partial charge in [0.25, 0.3) is 0 Å². The maximum Gasteiger partial charge on any atom is 0.140 e. The van der Waals surface area contributed by atoms with Gasteiger partial charge in [-0.15, -0.1) is 0 Å². The van der Waals surface area contributed by atoms with Crippen LogP contribution in [0.15, 0.2) is 42.5 Å². The van der Waals surface area contributed by atoms with E-state index in [-0.39, 0.29) is 6.04 Å². The van der Waals surface area contributed by atoms with Crippen molar-refractivity contribution < 1.29 is 0 Å². The highest BCUT2D eigenvalue weighted by Gasteiger charge is 2.18. The molecule has 0 saturated carbocycles. The second-order valence-electron chi connectivity index (χ2n) is 5.63. The fraction of sp³-hybridized carbons (Fsp3) is 0.278. The van der Waals surface area contributed by atoms with Gasteiger partial charge < -0.3 is 10.2 Å². The molecular formula is C18H19N3. The number of hydrogen-bond acceptors (Lipinski definition) is 3. The molecule has 0 radical (unpaired) electrons. The largest absolute Gasteiger partial charge is 0.374 e. The Morgan fingerprint density at radius 1 is 1.19 bits per heavy atom. The normalized spacial score (nSPS) is 14.4. The van der Waals surface area contributed by atoms with Crippen LogP contribution in [0.25, 0.3) is 0 Å². The molecule has 3 heteroatoms. The van der Waals surface area contributed by atoms with Crippen LogP contribution in [-0.4, -0.2) is 13.6 Å². The van der Waals surface area contributed by atoms with Gasteiger partial charge in [-0.1, -0.05) is 29.8 Å². The highest BCUT2D eigenvalue weighted by Crippen LogP contribution is 2.30. The first-order valence-corrected chi connectivity index (χ1v) is 7.24. The lowest BCUT2D eigenvalue weighted by Crippen LogP contribution is -2.12. The van der Waals surface area contributed by atoms with Gasteiger partial charge in [0.05, 0.1) is 6.07 Å². The van der Waals surface area contributed by atoms with Crippen molar-refractivity contribution in [3.8, 4) is 6.07 Å². The molecule has 1 unspecified atom stereocenters. The SMILES string of the molecule is Cc1ccc(NC(C#N)c2ccc3c(c2)CCN3C)cc1. The number of anilines is 2. The second-order valence-corrected chi connectivity index (χ2v) is 5.63. The maximum absolute atomic E-state index is 9.47. The summed E-state index contributed by atoms with van der Waals surface area (Å²) in [6.45, 7) is 3.12. The fourth-order valence-electron chi connectivity index (χ4n) is 2.77. The molecule has 0 bridgehead atoms. The second kappa shape index (κ2) is 5.49. The molecule has 0 amide bonds. The lowest BCUT2D eigenvalue weighted by molar-refractivity contribution is 0.954. The summed E-state index contributed by atoms with van der Waals surface area (Å²) in [6.07, 6.45) is 1.06. The van der Waals surface area contributed by atoms with Gasteiger partial charge in [-0.25, -0.2) is 0 Å². The zero-order valence-electron chi connectivity index (χ0n) is 12.4. The minimum Gasteiger partial charge on any atom is -0.374 e. The van der Waals surface area contributed by atoms with Crippen LogP contribution < -0.4 is 10.2 Å². The third-order valence-electron chi connectivity index (χ3n) is 4.06. The van der Waals surface area contributed by atoms with Gasteiger partial charge >= 0.3 is 0 Å². The van der Waals surface area contributed by atoms with E-state index in [0.717, 1.165) is 24.2 Å². The molecule has 3 nitrogen and oxygen atoms in total. The minimum atomic E-state index is -0.316. The van der Waals surface area contributed by atoms with Gasteiger partial charge in [-0.3, -0.25) is 0 Å². The van der Waals surface area contributed by atoms with E-state index < -0.39 is 0 Å². The number of benzene rings is 2. The van der Waals surface area contributed by atoms with Crippen LogP contribution in [0.4, 0.5) is 11.4 Å². The summed E-state index contributed by atoms with van der Waals surface area (Å²) in [5.41, 5.74) is 5.85. The van der Waals surface area contributed by atoms with Crippen molar-refractivity contribution in [1.82, 2.24) is 0 Å². The average molecular weight is 277 g/mol. The highest BCUT2D eigenvalue weighted by molar-refractivity contribution is 5.60. The van der Waals surface area contributed by atoms with E-state index in [2.05, 4.69) is 60.6 Å². The molecule has 1 aliphatic rings. The van der Waals surface area contributed by atoms with Gasteiger partial charge in [-0.05, 0) is 42.7 Å². The molecule has 1 aliphatic heterocycles. The van der Waals surface area contributed by atoms with Crippen LogP contribution in [0.2, 0.25) is 0 Å². The summed E-state index contributed by atoms with van der Waals surface area (Å²) in [6, 6.07) is 16.5. The van der Waals surface area contributed by atoms with E-state index in [1.165, 1.54) is 16.8 Å². The van der Waals surface area contributed by atoms with E-state index in [0.29, 0.717) is 0 Å². The molecule has 0 spiro atoms. The molecular weight excluding hydrogens is 258 g/mol. The summed E-state index contributed by atoms with van der Waals surface area (Å²) in [4.78, 5) is 2.26. The van der Waals surface area contributed by atoms with Gasteiger partial charge in [0.1, 0.15) is 6.04 Å². The molecule has 1 N–H and O–H groups in total. The van der Waals surface area contributed by atoms with Gasteiger partial charge in [0.15, 0.2) is 0 Å². The van der Waals surface area contributed by atoms with E-state index in [1.54, 1.807) is 0 Å². The third kappa shape index (κ3) is 2.71. The van der Waals surface area contributed by atoms with Crippen molar-refractivity contribution in [3.63, 3.8) is 0 Å². The highest BCUT2D eigenvalue weighted by atomic mass is 15.1. The summed E-state index contributed by atoms with van der Waals surface area (Å²) in [5, 5.41) is 12.8. The van der Waals surface area contributed by atoms with Gasteiger partial charge in [0, 0.05) is 25.0 Å². The van der Waals surface area contributed by atoms with Gasteiger partial charge in [0.2, 0.25) is 0 Å². The molecule has 2 aromatic rings. The molecule has 0 aliphatic carbocycles. The monoisotopic (exact) mass is 277 g/mol. The van der Waals surface area contributed by atoms with E-state index in [9.17, 15) is 5.26 Å².